The van der Waals surface area contributed by atoms with E-state index in [1.807, 2.05) is 66.5 Å². The molecule has 0 aliphatic carbocycles. The van der Waals surface area contributed by atoms with Crippen molar-refractivity contribution in [3.8, 4) is 0 Å². The monoisotopic (exact) mass is 641 g/mol. The van der Waals surface area contributed by atoms with Crippen LogP contribution in [0.25, 0.3) is 21.8 Å². The third-order valence-corrected chi connectivity index (χ3v) is 9.59. The van der Waals surface area contributed by atoms with E-state index in [2.05, 4.69) is 69.0 Å². The smallest absolute Gasteiger partial charge is 0.253 e. The molecule has 0 spiro atoms. The Balaban J connectivity index is 1.07. The molecule has 8 heteroatoms. The van der Waals surface area contributed by atoms with Crippen molar-refractivity contribution in [1.29, 1.82) is 0 Å². The van der Waals surface area contributed by atoms with E-state index in [9.17, 15) is 9.90 Å². The number of rotatable bonds is 11. The number of nitrogens with zero attached hydrogens (tertiary/aromatic N) is 5. The van der Waals surface area contributed by atoms with Gasteiger partial charge >= 0.3 is 0 Å². The molecular weight excluding hydrogens is 598 g/mol. The van der Waals surface area contributed by atoms with Crippen LogP contribution in [0.15, 0.2) is 114 Å². The topological polar surface area (TPSA) is 78.0 Å². The fraction of sp³-hybridized carbons (Fsp3) is 0.300. The molecule has 3 heterocycles. The second kappa shape index (κ2) is 14.5. The molecule has 4 aromatic carbocycles. The molecule has 1 saturated heterocycles. The van der Waals surface area contributed by atoms with E-state index in [1.54, 1.807) is 0 Å². The van der Waals surface area contributed by atoms with E-state index in [4.69, 9.17) is 9.40 Å². The summed E-state index contributed by atoms with van der Waals surface area (Å²) in [6, 6.07) is 36.8. The van der Waals surface area contributed by atoms with E-state index >= 15 is 0 Å². The predicted molar refractivity (Wildman–Crippen MR) is 191 cm³/mol. The average molecular weight is 642 g/mol. The summed E-state index contributed by atoms with van der Waals surface area (Å²) in [7, 11) is 1.92. The van der Waals surface area contributed by atoms with Crippen molar-refractivity contribution in [3.05, 3.63) is 132 Å². The summed E-state index contributed by atoms with van der Waals surface area (Å²) >= 11 is 0. The van der Waals surface area contributed by atoms with Gasteiger partial charge in [-0.1, -0.05) is 72.8 Å². The Morgan fingerprint density at radius 2 is 1.62 bits per heavy atom. The van der Waals surface area contributed by atoms with E-state index in [-0.39, 0.29) is 18.4 Å². The van der Waals surface area contributed by atoms with Crippen molar-refractivity contribution < 1.29 is 14.3 Å². The SMILES string of the molecule is CN(CC(CCN1CCCN(c2nc3ccccc3n2Cc2ccc(CO)o2)CC1)c1ccc2ccccc2c1)C(=O)c1ccccc1. The highest BCUT2D eigenvalue weighted by molar-refractivity contribution is 5.94. The maximum atomic E-state index is 13.4. The van der Waals surface area contributed by atoms with Crippen molar-refractivity contribution in [2.45, 2.75) is 31.9 Å². The number of carbonyl (C=O) groups excluding carboxylic acids is 1. The maximum Gasteiger partial charge on any atom is 0.253 e. The molecule has 0 radical (unpaired) electrons. The minimum absolute atomic E-state index is 0.0526. The van der Waals surface area contributed by atoms with E-state index in [0.717, 1.165) is 73.9 Å². The Morgan fingerprint density at radius 3 is 2.46 bits per heavy atom. The van der Waals surface area contributed by atoms with Gasteiger partial charge in [0, 0.05) is 44.7 Å². The minimum atomic E-state index is -0.110. The first-order valence-corrected chi connectivity index (χ1v) is 17.0. The first-order chi connectivity index (χ1) is 23.6. The third kappa shape index (κ3) is 7.00. The van der Waals surface area contributed by atoms with Crippen LogP contribution in [0, 0.1) is 0 Å². The van der Waals surface area contributed by atoms with Crippen molar-refractivity contribution in [1.82, 2.24) is 19.4 Å². The van der Waals surface area contributed by atoms with Crippen molar-refractivity contribution in [3.63, 3.8) is 0 Å². The van der Waals surface area contributed by atoms with Gasteiger partial charge < -0.3 is 28.8 Å². The fourth-order valence-electron chi connectivity index (χ4n) is 6.98. The largest absolute Gasteiger partial charge is 0.462 e. The van der Waals surface area contributed by atoms with Crippen molar-refractivity contribution in [2.75, 3.05) is 51.2 Å². The van der Waals surface area contributed by atoms with Crippen LogP contribution in [0.2, 0.25) is 0 Å². The first kappa shape index (κ1) is 31.7. The quantitative estimate of drug-likeness (QED) is 0.168. The Labute approximate surface area is 281 Å². The molecule has 1 fully saturated rings. The van der Waals surface area contributed by atoms with Crippen molar-refractivity contribution >= 4 is 33.7 Å². The number of imidazole rings is 1. The Morgan fingerprint density at radius 1 is 0.854 bits per heavy atom. The van der Waals surface area contributed by atoms with Gasteiger partial charge in [-0.25, -0.2) is 4.98 Å². The molecule has 1 unspecified atom stereocenters. The van der Waals surface area contributed by atoms with Crippen LogP contribution in [0.3, 0.4) is 0 Å². The van der Waals surface area contributed by atoms with E-state index in [0.29, 0.717) is 18.8 Å². The molecule has 6 aromatic rings. The molecule has 1 aliphatic heterocycles. The van der Waals surface area contributed by atoms with Crippen LogP contribution in [-0.4, -0.2) is 76.7 Å². The summed E-state index contributed by atoms with van der Waals surface area (Å²) in [6.45, 7) is 5.78. The molecule has 8 nitrogen and oxygen atoms in total. The highest BCUT2D eigenvalue weighted by Gasteiger charge is 2.24. The Bertz CT molecular complexity index is 1980. The van der Waals surface area contributed by atoms with Gasteiger partial charge in [-0.15, -0.1) is 0 Å². The lowest BCUT2D eigenvalue weighted by Gasteiger charge is -2.28. The van der Waals surface area contributed by atoms with Gasteiger partial charge in [-0.05, 0) is 78.7 Å². The summed E-state index contributed by atoms with van der Waals surface area (Å²) in [5, 5.41) is 12.0. The summed E-state index contributed by atoms with van der Waals surface area (Å²) in [4.78, 5) is 25.3. The van der Waals surface area contributed by atoms with Crippen LogP contribution in [0.5, 0.6) is 0 Å². The molecule has 2 aromatic heterocycles. The van der Waals surface area contributed by atoms with Gasteiger partial charge in [0.25, 0.3) is 5.91 Å². The minimum Gasteiger partial charge on any atom is -0.462 e. The summed E-state index contributed by atoms with van der Waals surface area (Å²) < 4.78 is 8.11. The van der Waals surface area contributed by atoms with Crippen LogP contribution in [-0.2, 0) is 13.2 Å². The molecule has 7 rings (SSSR count). The van der Waals surface area contributed by atoms with Gasteiger partial charge in [-0.3, -0.25) is 4.79 Å². The van der Waals surface area contributed by atoms with Crippen LogP contribution in [0.4, 0.5) is 5.95 Å². The number of benzene rings is 4. The number of para-hydroxylation sites is 2. The van der Waals surface area contributed by atoms with Gasteiger partial charge in [0.05, 0.1) is 17.6 Å². The van der Waals surface area contributed by atoms with E-state index < -0.39 is 0 Å². The lowest BCUT2D eigenvalue weighted by atomic mass is 9.92. The lowest BCUT2D eigenvalue weighted by Crippen LogP contribution is -2.35. The molecule has 1 aliphatic rings. The number of aliphatic hydroxyl groups excluding tert-OH is 1. The molecule has 1 amide bonds. The van der Waals surface area contributed by atoms with Gasteiger partial charge in [-0.2, -0.15) is 0 Å². The molecule has 0 saturated carbocycles. The number of carbonyl (C=O) groups is 1. The number of amides is 1. The molecule has 246 valence electrons. The number of anilines is 1. The van der Waals surface area contributed by atoms with Crippen molar-refractivity contribution in [2.24, 2.45) is 0 Å². The second-order valence-electron chi connectivity index (χ2n) is 12.8. The van der Waals surface area contributed by atoms with Gasteiger partial charge in [0.1, 0.15) is 18.1 Å². The van der Waals surface area contributed by atoms with Crippen LogP contribution < -0.4 is 4.90 Å². The normalized spacial score (nSPS) is 14.8. The van der Waals surface area contributed by atoms with Crippen LogP contribution >= 0.6 is 0 Å². The van der Waals surface area contributed by atoms with E-state index in [1.165, 1.54) is 16.3 Å². The molecule has 1 atom stereocenters. The number of hydrogen-bond donors (Lipinski definition) is 1. The van der Waals surface area contributed by atoms with Gasteiger partial charge in [0.15, 0.2) is 0 Å². The zero-order chi connectivity index (χ0) is 32.9. The maximum absolute atomic E-state index is 13.4. The molecule has 48 heavy (non-hydrogen) atoms. The number of aliphatic hydroxyl groups is 1. The molecule has 0 bridgehead atoms. The molecular formula is C40H43N5O3. The first-order valence-electron chi connectivity index (χ1n) is 17.0. The molecule has 1 N–H and O–H groups in total. The number of likely N-dealkylation sites (N-methyl/N-ethyl adjacent to an activating group) is 1. The standard InChI is InChI=1S/C40H43N5O3/c1-42(39(47)31-11-3-2-4-12-31)27-34(33-17-16-30-10-5-6-13-32(30)26-33)20-23-43-21-9-22-44(25-24-43)40-41-37-14-7-8-15-38(37)45(40)28-35-18-19-36(29-46)48-35/h2-8,10-19,26,34,46H,9,20-25,27-29H2,1H3. The second-order valence-corrected chi connectivity index (χ2v) is 12.8. The predicted octanol–water partition coefficient (Wildman–Crippen LogP) is 6.78. The number of furan rings is 1. The zero-order valence-electron chi connectivity index (χ0n) is 27.5. The summed E-state index contributed by atoms with van der Waals surface area (Å²) in [6.07, 6.45) is 1.99. The number of aromatic nitrogens is 2. The summed E-state index contributed by atoms with van der Waals surface area (Å²) in [5.74, 6) is 2.58. The number of hydrogen-bond acceptors (Lipinski definition) is 6. The Hall–Kier alpha value is -4.92. The summed E-state index contributed by atoms with van der Waals surface area (Å²) in [5.41, 5.74) is 4.03. The van der Waals surface area contributed by atoms with Gasteiger partial charge in [0.2, 0.25) is 5.95 Å². The third-order valence-electron chi connectivity index (χ3n) is 9.59. The zero-order valence-corrected chi connectivity index (χ0v) is 27.5. The Kier molecular flexibility index (Phi) is 9.54. The lowest BCUT2D eigenvalue weighted by molar-refractivity contribution is 0.0783. The highest BCUT2D eigenvalue weighted by atomic mass is 16.4. The fourth-order valence-corrected chi connectivity index (χ4v) is 6.98. The van der Waals surface area contributed by atoms with Crippen LogP contribution in [0.1, 0.15) is 46.2 Å². The number of fused-ring (bicyclic) bond motifs is 2. The highest BCUT2D eigenvalue weighted by Crippen LogP contribution is 2.28. The average Bonchev–Trinajstić information content (AvgIpc) is 3.67.